The number of nitrogen functional groups attached to an aromatic ring is 1. The quantitative estimate of drug-likeness (QED) is 0.397. The van der Waals surface area contributed by atoms with E-state index >= 15 is 0 Å². The lowest BCUT2D eigenvalue weighted by atomic mass is 10.2. The Labute approximate surface area is 164 Å². The molecule has 0 spiro atoms. The zero-order valence-corrected chi connectivity index (χ0v) is 15.5. The molecule has 1 aromatic heterocycles. The number of ether oxygens (including phenoxy) is 1. The molecule has 0 bridgehead atoms. The van der Waals surface area contributed by atoms with Crippen LogP contribution in [0.2, 0.25) is 0 Å². The molecule has 0 saturated heterocycles. The SMILES string of the molecule is COC(=O)c1c(N)c(C#N)cn1-c1cc(Sc2ccccc2)ccc1[N+](=O)[O-]. The minimum Gasteiger partial charge on any atom is -0.464 e. The molecule has 0 aliphatic heterocycles. The van der Waals surface area contributed by atoms with Crippen LogP contribution >= 0.6 is 11.8 Å². The first-order chi connectivity index (χ1) is 13.5. The Morgan fingerprint density at radius 2 is 1.96 bits per heavy atom. The molecule has 0 fully saturated rings. The van der Waals surface area contributed by atoms with Crippen LogP contribution in [0.4, 0.5) is 11.4 Å². The van der Waals surface area contributed by atoms with Crippen molar-refractivity contribution in [2.24, 2.45) is 0 Å². The van der Waals surface area contributed by atoms with Crippen molar-refractivity contribution in [3.8, 4) is 11.8 Å². The second kappa shape index (κ2) is 7.85. The first kappa shape index (κ1) is 19.0. The fraction of sp³-hybridized carbons (Fsp3) is 0.0526. The number of methoxy groups -OCH3 is 1. The van der Waals surface area contributed by atoms with Gasteiger partial charge in [0.1, 0.15) is 11.8 Å². The Bertz CT molecular complexity index is 1100. The van der Waals surface area contributed by atoms with E-state index in [-0.39, 0.29) is 28.3 Å². The number of nitrogens with two attached hydrogens (primary N) is 1. The van der Waals surface area contributed by atoms with Gasteiger partial charge >= 0.3 is 5.97 Å². The maximum atomic E-state index is 12.2. The molecular formula is C19H14N4O4S. The van der Waals surface area contributed by atoms with Crippen molar-refractivity contribution in [1.29, 1.82) is 5.26 Å². The molecule has 0 radical (unpaired) electrons. The number of carbonyl (C=O) groups excluding carboxylic acids is 1. The normalized spacial score (nSPS) is 10.3. The van der Waals surface area contributed by atoms with Gasteiger partial charge < -0.3 is 15.0 Å². The van der Waals surface area contributed by atoms with Crippen LogP contribution in [-0.2, 0) is 4.74 Å². The summed E-state index contributed by atoms with van der Waals surface area (Å²) in [4.78, 5) is 24.9. The number of esters is 1. The summed E-state index contributed by atoms with van der Waals surface area (Å²) in [7, 11) is 1.17. The highest BCUT2D eigenvalue weighted by molar-refractivity contribution is 7.99. The summed E-state index contributed by atoms with van der Waals surface area (Å²) in [5, 5.41) is 20.8. The van der Waals surface area contributed by atoms with Gasteiger partial charge in [-0.3, -0.25) is 10.1 Å². The van der Waals surface area contributed by atoms with E-state index in [0.717, 1.165) is 4.90 Å². The van der Waals surface area contributed by atoms with Gasteiger partial charge in [-0.25, -0.2) is 4.79 Å². The molecule has 2 aromatic carbocycles. The second-order valence-corrected chi connectivity index (χ2v) is 6.75. The predicted octanol–water partition coefficient (Wildman–Crippen LogP) is 3.78. The van der Waals surface area contributed by atoms with Crippen molar-refractivity contribution in [2.45, 2.75) is 9.79 Å². The summed E-state index contributed by atoms with van der Waals surface area (Å²) in [6.45, 7) is 0. The molecule has 8 nitrogen and oxygen atoms in total. The average Bonchev–Trinajstić information content (AvgIpc) is 3.04. The van der Waals surface area contributed by atoms with Gasteiger partial charge in [-0.05, 0) is 24.3 Å². The van der Waals surface area contributed by atoms with Gasteiger partial charge in [0, 0.05) is 22.1 Å². The van der Waals surface area contributed by atoms with Gasteiger partial charge in [0.25, 0.3) is 5.69 Å². The molecule has 28 heavy (non-hydrogen) atoms. The average molecular weight is 394 g/mol. The molecule has 1 heterocycles. The molecule has 140 valence electrons. The van der Waals surface area contributed by atoms with Crippen molar-refractivity contribution in [2.75, 3.05) is 12.8 Å². The number of nitro groups is 1. The molecule has 9 heteroatoms. The van der Waals surface area contributed by atoms with E-state index in [1.54, 1.807) is 12.1 Å². The van der Waals surface area contributed by atoms with Crippen LogP contribution in [-0.4, -0.2) is 22.6 Å². The minimum absolute atomic E-state index is 0.0239. The summed E-state index contributed by atoms with van der Waals surface area (Å²) in [5.74, 6) is -0.797. The topological polar surface area (TPSA) is 124 Å². The molecule has 0 aliphatic carbocycles. The number of nitriles is 1. The Morgan fingerprint density at radius 3 is 2.57 bits per heavy atom. The fourth-order valence-electron chi connectivity index (χ4n) is 2.64. The first-order valence-electron chi connectivity index (χ1n) is 7.97. The van der Waals surface area contributed by atoms with Crippen LogP contribution in [0.15, 0.2) is 64.5 Å². The number of benzene rings is 2. The van der Waals surface area contributed by atoms with Gasteiger partial charge in [-0.1, -0.05) is 30.0 Å². The summed E-state index contributed by atoms with van der Waals surface area (Å²) < 4.78 is 5.97. The molecule has 0 unspecified atom stereocenters. The standard InChI is InChI=1S/C19H14N4O4S/c1-27-19(24)18-17(21)12(10-20)11-22(18)16-9-14(7-8-15(16)23(25)26)28-13-5-3-2-4-6-13/h2-9,11H,21H2,1H3. The van der Waals surface area contributed by atoms with Crippen molar-refractivity contribution in [3.63, 3.8) is 0 Å². The van der Waals surface area contributed by atoms with Crippen LogP contribution in [0.3, 0.4) is 0 Å². The number of carbonyl (C=O) groups is 1. The highest BCUT2D eigenvalue weighted by Crippen LogP contribution is 2.35. The monoisotopic (exact) mass is 394 g/mol. The maximum Gasteiger partial charge on any atom is 0.357 e. The number of hydrogen-bond acceptors (Lipinski definition) is 7. The van der Waals surface area contributed by atoms with E-state index in [0.29, 0.717) is 4.90 Å². The zero-order chi connectivity index (χ0) is 20.3. The van der Waals surface area contributed by atoms with E-state index in [1.165, 1.54) is 35.7 Å². The van der Waals surface area contributed by atoms with Crippen LogP contribution < -0.4 is 5.73 Å². The number of nitrogens with zero attached hydrogens (tertiary/aromatic N) is 3. The Hall–Kier alpha value is -3.77. The lowest BCUT2D eigenvalue weighted by Gasteiger charge is -2.11. The minimum atomic E-state index is -0.797. The molecule has 0 saturated carbocycles. The molecule has 3 rings (SSSR count). The van der Waals surface area contributed by atoms with E-state index in [4.69, 9.17) is 10.5 Å². The van der Waals surface area contributed by atoms with Gasteiger partial charge in [0.05, 0.1) is 23.3 Å². The predicted molar refractivity (Wildman–Crippen MR) is 103 cm³/mol. The Kier molecular flexibility index (Phi) is 5.33. The third-order valence-corrected chi connectivity index (χ3v) is 4.92. The van der Waals surface area contributed by atoms with Gasteiger partial charge in [0.2, 0.25) is 0 Å². The summed E-state index contributed by atoms with van der Waals surface area (Å²) in [5.41, 5.74) is 5.57. The highest BCUT2D eigenvalue weighted by atomic mass is 32.2. The Morgan fingerprint density at radius 1 is 1.25 bits per heavy atom. The maximum absolute atomic E-state index is 12.2. The number of aromatic nitrogens is 1. The number of hydrogen-bond donors (Lipinski definition) is 1. The molecule has 0 amide bonds. The smallest absolute Gasteiger partial charge is 0.357 e. The van der Waals surface area contributed by atoms with Crippen LogP contribution in [0.1, 0.15) is 16.1 Å². The van der Waals surface area contributed by atoms with Crippen LogP contribution in [0, 0.1) is 21.4 Å². The summed E-state index contributed by atoms with van der Waals surface area (Å²) >= 11 is 1.41. The largest absolute Gasteiger partial charge is 0.464 e. The molecule has 3 aromatic rings. The van der Waals surface area contributed by atoms with Gasteiger partial charge in [-0.15, -0.1) is 0 Å². The second-order valence-electron chi connectivity index (χ2n) is 5.60. The van der Waals surface area contributed by atoms with E-state index in [1.807, 2.05) is 36.4 Å². The van der Waals surface area contributed by atoms with Crippen molar-refractivity contribution in [1.82, 2.24) is 4.57 Å². The number of nitro benzene ring substituents is 1. The third-order valence-electron chi connectivity index (χ3n) is 3.93. The van der Waals surface area contributed by atoms with E-state index < -0.39 is 10.9 Å². The molecule has 0 atom stereocenters. The lowest BCUT2D eigenvalue weighted by Crippen LogP contribution is -2.12. The van der Waals surface area contributed by atoms with E-state index in [9.17, 15) is 20.2 Å². The van der Waals surface area contributed by atoms with Crippen molar-refractivity contribution >= 4 is 29.1 Å². The van der Waals surface area contributed by atoms with Crippen molar-refractivity contribution in [3.05, 3.63) is 76.1 Å². The summed E-state index contributed by atoms with van der Waals surface area (Å²) in [6, 6.07) is 15.9. The van der Waals surface area contributed by atoms with E-state index in [2.05, 4.69) is 0 Å². The van der Waals surface area contributed by atoms with Crippen LogP contribution in [0.5, 0.6) is 0 Å². The molecule has 2 N–H and O–H groups in total. The fourth-order valence-corrected chi connectivity index (χ4v) is 3.52. The zero-order valence-electron chi connectivity index (χ0n) is 14.7. The van der Waals surface area contributed by atoms with Crippen molar-refractivity contribution < 1.29 is 14.5 Å². The van der Waals surface area contributed by atoms with Gasteiger partial charge in [0.15, 0.2) is 5.69 Å². The first-order valence-corrected chi connectivity index (χ1v) is 8.79. The lowest BCUT2D eigenvalue weighted by molar-refractivity contribution is -0.384. The van der Waals surface area contributed by atoms with Crippen LogP contribution in [0.25, 0.3) is 5.69 Å². The Balaban J connectivity index is 2.20. The van der Waals surface area contributed by atoms with Gasteiger partial charge in [-0.2, -0.15) is 5.26 Å². The highest BCUT2D eigenvalue weighted by Gasteiger charge is 2.26. The number of rotatable bonds is 5. The molecular weight excluding hydrogens is 380 g/mol. The molecule has 0 aliphatic rings. The number of anilines is 1. The third kappa shape index (κ3) is 3.54. The summed E-state index contributed by atoms with van der Waals surface area (Å²) in [6.07, 6.45) is 1.29.